The average Bonchev–Trinajstić information content (AvgIpc) is 3.21. The smallest absolute Gasteiger partial charge is 0.176 e. The van der Waals surface area contributed by atoms with Gasteiger partial charge in [-0.3, -0.25) is 0 Å². The summed E-state index contributed by atoms with van der Waals surface area (Å²) in [5.74, 6) is 2.83. The van der Waals surface area contributed by atoms with E-state index >= 15 is 0 Å². The molecule has 7 heteroatoms. The van der Waals surface area contributed by atoms with Gasteiger partial charge in [-0.25, -0.2) is 9.97 Å². The Morgan fingerprint density at radius 1 is 1.12 bits per heavy atom. The standard InChI is InChI=1S/C17H20N4O3/c1-20-8-6-18-16(20)17-19-7-9-21(17)11-13(22)12-24-15-5-3-4-14(10-15)23-2/h3-10,13,22H,11-12H2,1-2H3. The summed E-state index contributed by atoms with van der Waals surface area (Å²) in [4.78, 5) is 8.62. The largest absolute Gasteiger partial charge is 0.497 e. The maximum absolute atomic E-state index is 10.3. The number of aryl methyl sites for hydroxylation is 1. The summed E-state index contributed by atoms with van der Waals surface area (Å²) in [6.07, 6.45) is 6.41. The Bertz CT molecular complexity index is 796. The highest BCUT2D eigenvalue weighted by atomic mass is 16.5. The minimum atomic E-state index is -0.676. The van der Waals surface area contributed by atoms with Crippen LogP contribution < -0.4 is 9.47 Å². The average molecular weight is 328 g/mol. The van der Waals surface area contributed by atoms with Crippen LogP contribution in [0.4, 0.5) is 0 Å². The van der Waals surface area contributed by atoms with Gasteiger partial charge in [0.05, 0.1) is 13.7 Å². The lowest BCUT2D eigenvalue weighted by Gasteiger charge is -2.15. The van der Waals surface area contributed by atoms with Crippen LogP contribution in [0.5, 0.6) is 11.5 Å². The molecule has 0 aliphatic heterocycles. The zero-order valence-corrected chi connectivity index (χ0v) is 13.7. The molecule has 24 heavy (non-hydrogen) atoms. The van der Waals surface area contributed by atoms with Crippen molar-refractivity contribution in [3.63, 3.8) is 0 Å². The number of hydrogen-bond donors (Lipinski definition) is 1. The summed E-state index contributed by atoms with van der Waals surface area (Å²) in [5.41, 5.74) is 0. The number of nitrogens with zero attached hydrogens (tertiary/aromatic N) is 4. The number of benzene rings is 1. The fraction of sp³-hybridized carbons (Fsp3) is 0.294. The Kier molecular flexibility index (Phi) is 4.81. The summed E-state index contributed by atoms with van der Waals surface area (Å²) in [7, 11) is 3.51. The minimum Gasteiger partial charge on any atom is -0.497 e. The number of aliphatic hydroxyl groups excluding tert-OH is 1. The Morgan fingerprint density at radius 2 is 1.88 bits per heavy atom. The van der Waals surface area contributed by atoms with Crippen molar-refractivity contribution < 1.29 is 14.6 Å². The van der Waals surface area contributed by atoms with E-state index in [1.807, 2.05) is 46.8 Å². The first-order chi connectivity index (χ1) is 11.7. The minimum absolute atomic E-state index is 0.172. The van der Waals surface area contributed by atoms with Gasteiger partial charge in [0.25, 0.3) is 0 Å². The summed E-state index contributed by atoms with van der Waals surface area (Å²) in [6.45, 7) is 0.539. The third-order valence-electron chi connectivity index (χ3n) is 3.63. The van der Waals surface area contributed by atoms with E-state index in [1.165, 1.54) is 0 Å². The number of aliphatic hydroxyl groups is 1. The molecule has 0 aliphatic carbocycles. The number of hydrogen-bond acceptors (Lipinski definition) is 5. The highest BCUT2D eigenvalue weighted by Crippen LogP contribution is 2.19. The van der Waals surface area contributed by atoms with Gasteiger partial charge in [0.1, 0.15) is 24.2 Å². The predicted octanol–water partition coefficient (Wildman–Crippen LogP) is 1.73. The Balaban J connectivity index is 1.62. The first-order valence-corrected chi connectivity index (χ1v) is 7.61. The first-order valence-electron chi connectivity index (χ1n) is 7.61. The Labute approximate surface area is 140 Å². The van der Waals surface area contributed by atoms with Gasteiger partial charge >= 0.3 is 0 Å². The highest BCUT2D eigenvalue weighted by molar-refractivity contribution is 5.44. The van der Waals surface area contributed by atoms with Gasteiger partial charge in [-0.15, -0.1) is 0 Å². The van der Waals surface area contributed by atoms with Crippen molar-refractivity contribution >= 4 is 0 Å². The second-order valence-electron chi connectivity index (χ2n) is 5.41. The summed E-state index contributed by atoms with van der Waals surface area (Å²) >= 11 is 0. The first kappa shape index (κ1) is 16.1. The monoisotopic (exact) mass is 328 g/mol. The van der Waals surface area contributed by atoms with E-state index in [9.17, 15) is 5.11 Å². The van der Waals surface area contributed by atoms with E-state index in [1.54, 1.807) is 25.6 Å². The molecule has 7 nitrogen and oxygen atoms in total. The molecule has 1 aromatic carbocycles. The third-order valence-corrected chi connectivity index (χ3v) is 3.63. The lowest BCUT2D eigenvalue weighted by molar-refractivity contribution is 0.0927. The van der Waals surface area contributed by atoms with E-state index in [0.29, 0.717) is 23.9 Å². The van der Waals surface area contributed by atoms with Gasteiger partial charge in [-0.1, -0.05) is 6.07 Å². The molecule has 1 atom stereocenters. The van der Waals surface area contributed by atoms with Crippen LogP contribution in [-0.4, -0.2) is 44.0 Å². The molecule has 0 aliphatic rings. The van der Waals surface area contributed by atoms with Crippen LogP contribution >= 0.6 is 0 Å². The van der Waals surface area contributed by atoms with E-state index in [4.69, 9.17) is 9.47 Å². The molecule has 0 spiro atoms. The molecule has 0 saturated carbocycles. The molecule has 1 unspecified atom stereocenters. The van der Waals surface area contributed by atoms with Crippen molar-refractivity contribution in [2.24, 2.45) is 7.05 Å². The van der Waals surface area contributed by atoms with Crippen LogP contribution in [-0.2, 0) is 13.6 Å². The molecule has 3 aromatic rings. The molecule has 2 aromatic heterocycles. The maximum atomic E-state index is 10.3. The van der Waals surface area contributed by atoms with Gasteiger partial charge in [0, 0.05) is 37.9 Å². The number of ether oxygens (including phenoxy) is 2. The summed E-state index contributed by atoms with van der Waals surface area (Å²) < 4.78 is 14.5. The van der Waals surface area contributed by atoms with E-state index < -0.39 is 6.10 Å². The number of rotatable bonds is 7. The molecule has 0 saturated heterocycles. The molecule has 1 N–H and O–H groups in total. The highest BCUT2D eigenvalue weighted by Gasteiger charge is 2.14. The summed E-state index contributed by atoms with van der Waals surface area (Å²) in [6, 6.07) is 7.29. The zero-order valence-electron chi connectivity index (χ0n) is 13.7. The number of methoxy groups -OCH3 is 1. The SMILES string of the molecule is COc1cccc(OCC(O)Cn2ccnc2-c2nccn2C)c1. The van der Waals surface area contributed by atoms with Gasteiger partial charge in [-0.05, 0) is 12.1 Å². The van der Waals surface area contributed by atoms with Gasteiger partial charge < -0.3 is 23.7 Å². The van der Waals surface area contributed by atoms with Crippen molar-refractivity contribution in [2.45, 2.75) is 12.6 Å². The molecule has 0 fully saturated rings. The normalized spacial score (nSPS) is 12.1. The lowest BCUT2D eigenvalue weighted by atomic mass is 10.3. The number of imidazole rings is 2. The van der Waals surface area contributed by atoms with Crippen molar-refractivity contribution in [2.75, 3.05) is 13.7 Å². The summed E-state index contributed by atoms with van der Waals surface area (Å²) in [5, 5.41) is 10.3. The molecule has 0 bridgehead atoms. The fourth-order valence-corrected chi connectivity index (χ4v) is 2.41. The molecular formula is C17H20N4O3. The van der Waals surface area contributed by atoms with Crippen LogP contribution in [0.3, 0.4) is 0 Å². The second kappa shape index (κ2) is 7.18. The zero-order chi connectivity index (χ0) is 16.9. The van der Waals surface area contributed by atoms with Gasteiger partial charge in [0.15, 0.2) is 11.6 Å². The van der Waals surface area contributed by atoms with E-state index in [0.717, 1.165) is 5.82 Å². The van der Waals surface area contributed by atoms with Crippen LogP contribution in [0, 0.1) is 0 Å². The van der Waals surface area contributed by atoms with Crippen molar-refractivity contribution in [1.29, 1.82) is 0 Å². The molecule has 3 rings (SSSR count). The van der Waals surface area contributed by atoms with Gasteiger partial charge in [-0.2, -0.15) is 0 Å². The Hall–Kier alpha value is -2.80. The van der Waals surface area contributed by atoms with Crippen molar-refractivity contribution in [3.05, 3.63) is 49.1 Å². The fourth-order valence-electron chi connectivity index (χ4n) is 2.41. The van der Waals surface area contributed by atoms with Crippen molar-refractivity contribution in [1.82, 2.24) is 19.1 Å². The number of aromatic nitrogens is 4. The van der Waals surface area contributed by atoms with E-state index in [2.05, 4.69) is 9.97 Å². The topological polar surface area (TPSA) is 74.3 Å². The van der Waals surface area contributed by atoms with Crippen LogP contribution in [0.15, 0.2) is 49.1 Å². The van der Waals surface area contributed by atoms with Crippen LogP contribution in [0.25, 0.3) is 11.6 Å². The quantitative estimate of drug-likeness (QED) is 0.715. The molecule has 0 radical (unpaired) electrons. The van der Waals surface area contributed by atoms with E-state index in [-0.39, 0.29) is 6.61 Å². The predicted molar refractivity (Wildman–Crippen MR) is 88.9 cm³/mol. The molecule has 126 valence electrons. The third kappa shape index (κ3) is 3.57. The van der Waals surface area contributed by atoms with Crippen molar-refractivity contribution in [3.8, 4) is 23.1 Å². The molecular weight excluding hydrogens is 308 g/mol. The molecule has 2 heterocycles. The Morgan fingerprint density at radius 3 is 2.62 bits per heavy atom. The van der Waals surface area contributed by atoms with Crippen LogP contribution in [0.1, 0.15) is 0 Å². The maximum Gasteiger partial charge on any atom is 0.176 e. The second-order valence-corrected chi connectivity index (χ2v) is 5.41. The van der Waals surface area contributed by atoms with Gasteiger partial charge in [0.2, 0.25) is 0 Å². The molecule has 0 amide bonds. The van der Waals surface area contributed by atoms with Crippen LogP contribution in [0.2, 0.25) is 0 Å². The lowest BCUT2D eigenvalue weighted by Crippen LogP contribution is -2.24.